The van der Waals surface area contributed by atoms with E-state index in [1.807, 2.05) is 0 Å². The molecule has 0 aromatic rings. The first-order valence-electron chi connectivity index (χ1n) is 4.44. The first-order valence-corrected chi connectivity index (χ1v) is 4.44. The second-order valence-electron chi connectivity index (χ2n) is 3.27. The van der Waals surface area contributed by atoms with Crippen molar-refractivity contribution in [3.63, 3.8) is 0 Å². The second kappa shape index (κ2) is 3.90. The van der Waals surface area contributed by atoms with Crippen LogP contribution in [0.4, 0.5) is 0 Å². The maximum atomic E-state index is 11.1. The lowest BCUT2D eigenvalue weighted by molar-refractivity contribution is -0.151. The molecular formula is C9H16NO2. The molecule has 69 valence electrons. The van der Waals surface area contributed by atoms with Crippen LogP contribution in [0.2, 0.25) is 0 Å². The van der Waals surface area contributed by atoms with Crippen LogP contribution in [0.15, 0.2) is 0 Å². The van der Waals surface area contributed by atoms with Gasteiger partial charge in [0.15, 0.2) is 0 Å². The van der Waals surface area contributed by atoms with Crippen molar-refractivity contribution in [2.24, 2.45) is 5.73 Å². The SMILES string of the molecule is [CH2]CCC1(C(N)=O)CCCCO1. The number of nitrogens with two attached hydrogens (primary N) is 1. The summed E-state index contributed by atoms with van der Waals surface area (Å²) in [5.74, 6) is -0.328. The second-order valence-corrected chi connectivity index (χ2v) is 3.27. The highest BCUT2D eigenvalue weighted by atomic mass is 16.5. The van der Waals surface area contributed by atoms with Gasteiger partial charge in [-0.2, -0.15) is 0 Å². The average Bonchev–Trinajstić information content (AvgIpc) is 2.06. The monoisotopic (exact) mass is 170 g/mol. The van der Waals surface area contributed by atoms with Crippen molar-refractivity contribution in [3.05, 3.63) is 6.92 Å². The molecule has 1 aliphatic heterocycles. The Morgan fingerprint density at radius 1 is 1.58 bits per heavy atom. The highest BCUT2D eigenvalue weighted by Gasteiger charge is 2.38. The van der Waals surface area contributed by atoms with E-state index in [4.69, 9.17) is 10.5 Å². The first kappa shape index (κ1) is 9.52. The number of amides is 1. The molecule has 1 heterocycles. The van der Waals surface area contributed by atoms with Crippen LogP contribution < -0.4 is 5.73 Å². The van der Waals surface area contributed by atoms with Crippen LogP contribution in [0.5, 0.6) is 0 Å². The lowest BCUT2D eigenvalue weighted by atomic mass is 9.89. The molecule has 1 aliphatic rings. The predicted molar refractivity (Wildman–Crippen MR) is 46.3 cm³/mol. The van der Waals surface area contributed by atoms with Crippen molar-refractivity contribution in [3.8, 4) is 0 Å². The standard InChI is InChI=1S/C9H16NO2/c1-2-5-9(8(10)11)6-3-4-7-12-9/h1-7H2,(H2,10,11). The van der Waals surface area contributed by atoms with Crippen molar-refractivity contribution in [1.29, 1.82) is 0 Å². The normalized spacial score (nSPS) is 30.1. The number of carbonyl (C=O) groups is 1. The van der Waals surface area contributed by atoms with Gasteiger partial charge in [0.25, 0.3) is 0 Å². The summed E-state index contributed by atoms with van der Waals surface area (Å²) in [7, 11) is 0. The van der Waals surface area contributed by atoms with Gasteiger partial charge in [-0.3, -0.25) is 4.79 Å². The van der Waals surface area contributed by atoms with Gasteiger partial charge < -0.3 is 10.5 Å². The van der Waals surface area contributed by atoms with Crippen molar-refractivity contribution in [2.75, 3.05) is 6.61 Å². The van der Waals surface area contributed by atoms with E-state index in [1.54, 1.807) is 0 Å². The summed E-state index contributed by atoms with van der Waals surface area (Å²) in [5.41, 5.74) is 4.60. The van der Waals surface area contributed by atoms with Gasteiger partial charge in [0.1, 0.15) is 5.60 Å². The molecule has 3 nitrogen and oxygen atoms in total. The van der Waals surface area contributed by atoms with Gasteiger partial charge in [-0.25, -0.2) is 0 Å². The molecule has 2 N–H and O–H groups in total. The number of rotatable bonds is 3. The van der Waals surface area contributed by atoms with Gasteiger partial charge in [-0.1, -0.05) is 13.3 Å². The molecule has 0 aliphatic carbocycles. The average molecular weight is 170 g/mol. The molecule has 0 bridgehead atoms. The molecular weight excluding hydrogens is 154 g/mol. The lowest BCUT2D eigenvalue weighted by Gasteiger charge is -2.34. The maximum absolute atomic E-state index is 11.1. The number of carbonyl (C=O) groups excluding carboxylic acids is 1. The van der Waals surface area contributed by atoms with E-state index in [-0.39, 0.29) is 5.91 Å². The fourth-order valence-corrected chi connectivity index (χ4v) is 1.65. The smallest absolute Gasteiger partial charge is 0.249 e. The minimum Gasteiger partial charge on any atom is -0.367 e. The topological polar surface area (TPSA) is 52.3 Å². The molecule has 3 heteroatoms. The highest BCUT2D eigenvalue weighted by molar-refractivity contribution is 5.83. The summed E-state index contributed by atoms with van der Waals surface area (Å²) in [6.45, 7) is 4.38. The van der Waals surface area contributed by atoms with E-state index in [0.717, 1.165) is 19.3 Å². The van der Waals surface area contributed by atoms with Crippen molar-refractivity contribution >= 4 is 5.91 Å². The van der Waals surface area contributed by atoms with E-state index >= 15 is 0 Å². The van der Waals surface area contributed by atoms with Crippen LogP contribution in [0.3, 0.4) is 0 Å². The van der Waals surface area contributed by atoms with Gasteiger partial charge in [0.2, 0.25) is 5.91 Å². The van der Waals surface area contributed by atoms with Crippen LogP contribution in [-0.4, -0.2) is 18.1 Å². The molecule has 1 amide bonds. The van der Waals surface area contributed by atoms with Gasteiger partial charge >= 0.3 is 0 Å². The molecule has 1 rings (SSSR count). The van der Waals surface area contributed by atoms with E-state index < -0.39 is 5.60 Å². The third-order valence-corrected chi connectivity index (χ3v) is 2.38. The summed E-state index contributed by atoms with van der Waals surface area (Å²) < 4.78 is 5.45. The summed E-state index contributed by atoms with van der Waals surface area (Å²) in [5, 5.41) is 0. The zero-order chi connectivity index (χ0) is 9.03. The Balaban J connectivity index is 2.63. The Labute approximate surface area is 73.3 Å². The molecule has 12 heavy (non-hydrogen) atoms. The van der Waals surface area contributed by atoms with E-state index in [2.05, 4.69) is 6.92 Å². The first-order chi connectivity index (χ1) is 5.71. The third kappa shape index (κ3) is 1.78. The number of hydrogen-bond donors (Lipinski definition) is 1. The number of primary amides is 1. The summed E-state index contributed by atoms with van der Waals surface area (Å²) in [6, 6.07) is 0. The van der Waals surface area contributed by atoms with Gasteiger partial charge in [-0.15, -0.1) is 0 Å². The molecule has 0 saturated carbocycles. The molecule has 1 unspecified atom stereocenters. The Morgan fingerprint density at radius 2 is 2.33 bits per heavy atom. The van der Waals surface area contributed by atoms with Crippen LogP contribution in [0, 0.1) is 6.92 Å². The quantitative estimate of drug-likeness (QED) is 0.687. The minimum atomic E-state index is -0.694. The Morgan fingerprint density at radius 3 is 2.75 bits per heavy atom. The lowest BCUT2D eigenvalue weighted by Crippen LogP contribution is -2.48. The van der Waals surface area contributed by atoms with E-state index in [9.17, 15) is 4.79 Å². The number of ether oxygens (including phenoxy) is 1. The maximum Gasteiger partial charge on any atom is 0.249 e. The minimum absolute atomic E-state index is 0.328. The highest BCUT2D eigenvalue weighted by Crippen LogP contribution is 2.28. The molecule has 0 spiro atoms. The van der Waals surface area contributed by atoms with Crippen LogP contribution in [-0.2, 0) is 9.53 Å². The van der Waals surface area contributed by atoms with E-state index in [0.29, 0.717) is 19.4 Å². The van der Waals surface area contributed by atoms with Gasteiger partial charge in [0, 0.05) is 6.61 Å². The zero-order valence-electron chi connectivity index (χ0n) is 7.34. The third-order valence-electron chi connectivity index (χ3n) is 2.38. The summed E-state index contributed by atoms with van der Waals surface area (Å²) >= 11 is 0. The van der Waals surface area contributed by atoms with Gasteiger partial charge in [-0.05, 0) is 25.7 Å². The fourth-order valence-electron chi connectivity index (χ4n) is 1.65. The fraction of sp³-hybridized carbons (Fsp3) is 0.778. The Kier molecular flexibility index (Phi) is 3.09. The molecule has 0 aromatic heterocycles. The predicted octanol–water partition coefficient (Wildman–Crippen LogP) is 1.03. The molecule has 1 saturated heterocycles. The van der Waals surface area contributed by atoms with Crippen LogP contribution >= 0.6 is 0 Å². The number of hydrogen-bond acceptors (Lipinski definition) is 2. The summed E-state index contributed by atoms with van der Waals surface area (Å²) in [4.78, 5) is 11.1. The molecule has 0 aromatic carbocycles. The zero-order valence-corrected chi connectivity index (χ0v) is 7.34. The Hall–Kier alpha value is -0.570. The molecule has 1 atom stereocenters. The summed E-state index contributed by atoms with van der Waals surface area (Å²) in [6.07, 6.45) is 4.18. The Bertz CT molecular complexity index is 156. The molecule has 1 fully saturated rings. The van der Waals surface area contributed by atoms with Crippen molar-refractivity contribution < 1.29 is 9.53 Å². The van der Waals surface area contributed by atoms with Crippen LogP contribution in [0.1, 0.15) is 32.1 Å². The van der Waals surface area contributed by atoms with E-state index in [1.165, 1.54) is 0 Å². The largest absolute Gasteiger partial charge is 0.367 e. The van der Waals surface area contributed by atoms with Crippen molar-refractivity contribution in [1.82, 2.24) is 0 Å². The molecule has 1 radical (unpaired) electrons. The van der Waals surface area contributed by atoms with Crippen molar-refractivity contribution in [2.45, 2.75) is 37.7 Å². The van der Waals surface area contributed by atoms with Crippen LogP contribution in [0.25, 0.3) is 0 Å². The van der Waals surface area contributed by atoms with Gasteiger partial charge in [0.05, 0.1) is 0 Å².